The average molecular weight is 246 g/mol. The second-order valence-electron chi connectivity index (χ2n) is 3.70. The molecule has 0 saturated carbocycles. The summed E-state index contributed by atoms with van der Waals surface area (Å²) in [5.41, 5.74) is 0. The number of ether oxygens (including phenoxy) is 2. The number of rotatable bonds is 5. The number of morpholine rings is 1. The van der Waals surface area contributed by atoms with Crippen LogP contribution in [0.25, 0.3) is 0 Å². The highest BCUT2D eigenvalue weighted by Gasteiger charge is 2.32. The van der Waals surface area contributed by atoms with Gasteiger partial charge in [0.15, 0.2) is 6.04 Å². The Balaban J connectivity index is 2.39. The van der Waals surface area contributed by atoms with E-state index in [9.17, 15) is 9.59 Å². The number of carbonyl (C=O) groups excluding carboxylic acids is 1. The van der Waals surface area contributed by atoms with Crippen molar-refractivity contribution in [3.63, 3.8) is 0 Å². The first-order valence-electron chi connectivity index (χ1n) is 5.50. The zero-order chi connectivity index (χ0) is 12.7. The lowest BCUT2D eigenvalue weighted by molar-refractivity contribution is -0.147. The topological polar surface area (TPSA) is 88.1 Å². The van der Waals surface area contributed by atoms with E-state index in [4.69, 9.17) is 14.6 Å². The van der Waals surface area contributed by atoms with Crippen molar-refractivity contribution in [2.75, 3.05) is 40.0 Å². The normalized spacial score (nSPS) is 20.1. The number of carboxylic acids is 1. The fourth-order valence-electron chi connectivity index (χ4n) is 1.56. The minimum Gasteiger partial charge on any atom is -0.480 e. The van der Waals surface area contributed by atoms with Crippen molar-refractivity contribution < 1.29 is 24.2 Å². The molecule has 1 aliphatic heterocycles. The van der Waals surface area contributed by atoms with Gasteiger partial charge < -0.3 is 24.8 Å². The first-order chi connectivity index (χ1) is 8.16. The number of aliphatic carboxylic acids is 1. The Hall–Kier alpha value is -1.34. The van der Waals surface area contributed by atoms with Gasteiger partial charge in [-0.3, -0.25) is 0 Å². The highest BCUT2D eigenvalue weighted by atomic mass is 16.5. The van der Waals surface area contributed by atoms with Gasteiger partial charge in [0.1, 0.15) is 0 Å². The molecule has 7 heteroatoms. The van der Waals surface area contributed by atoms with Crippen molar-refractivity contribution in [1.82, 2.24) is 10.2 Å². The maximum atomic E-state index is 11.7. The molecule has 0 aromatic heterocycles. The van der Waals surface area contributed by atoms with Gasteiger partial charge in [0, 0.05) is 26.8 Å². The lowest BCUT2D eigenvalue weighted by Gasteiger charge is -2.32. The van der Waals surface area contributed by atoms with E-state index < -0.39 is 12.0 Å². The van der Waals surface area contributed by atoms with Gasteiger partial charge in [-0.15, -0.1) is 0 Å². The zero-order valence-electron chi connectivity index (χ0n) is 9.85. The van der Waals surface area contributed by atoms with Gasteiger partial charge in [0.2, 0.25) is 0 Å². The zero-order valence-corrected chi connectivity index (χ0v) is 9.85. The number of hydrogen-bond donors (Lipinski definition) is 2. The predicted molar refractivity (Wildman–Crippen MR) is 58.8 cm³/mol. The maximum Gasteiger partial charge on any atom is 0.328 e. The van der Waals surface area contributed by atoms with Crippen LogP contribution in [-0.2, 0) is 14.3 Å². The third-order valence-electron chi connectivity index (χ3n) is 2.48. The first-order valence-corrected chi connectivity index (χ1v) is 5.50. The lowest BCUT2D eigenvalue weighted by Crippen LogP contribution is -2.55. The van der Waals surface area contributed by atoms with Crippen LogP contribution in [0.15, 0.2) is 0 Å². The second kappa shape index (κ2) is 7.08. The van der Waals surface area contributed by atoms with Crippen molar-refractivity contribution in [3.8, 4) is 0 Å². The third kappa shape index (κ3) is 4.20. The summed E-state index contributed by atoms with van der Waals surface area (Å²) in [5.74, 6) is -1.04. The van der Waals surface area contributed by atoms with Crippen LogP contribution in [0, 0.1) is 0 Å². The molecule has 2 N–H and O–H groups in total. The molecule has 1 rings (SSSR count). The van der Waals surface area contributed by atoms with E-state index >= 15 is 0 Å². The summed E-state index contributed by atoms with van der Waals surface area (Å²) in [6.45, 7) is 1.74. The van der Waals surface area contributed by atoms with E-state index in [-0.39, 0.29) is 12.6 Å². The number of methoxy groups -OCH3 is 1. The van der Waals surface area contributed by atoms with E-state index in [0.29, 0.717) is 32.7 Å². The van der Waals surface area contributed by atoms with E-state index in [2.05, 4.69) is 5.32 Å². The molecule has 1 fully saturated rings. The van der Waals surface area contributed by atoms with Crippen LogP contribution in [0.5, 0.6) is 0 Å². The molecule has 1 aliphatic rings. The maximum absolute atomic E-state index is 11.7. The van der Waals surface area contributed by atoms with Crippen LogP contribution in [0.1, 0.15) is 6.42 Å². The van der Waals surface area contributed by atoms with Gasteiger partial charge in [-0.2, -0.15) is 0 Å². The van der Waals surface area contributed by atoms with Crippen LogP contribution < -0.4 is 5.32 Å². The molecule has 2 amide bonds. The van der Waals surface area contributed by atoms with Crippen LogP contribution in [0.4, 0.5) is 4.79 Å². The smallest absolute Gasteiger partial charge is 0.328 e. The molecular weight excluding hydrogens is 228 g/mol. The first kappa shape index (κ1) is 13.7. The van der Waals surface area contributed by atoms with Crippen LogP contribution in [0.2, 0.25) is 0 Å². The Kier molecular flexibility index (Phi) is 5.71. The summed E-state index contributed by atoms with van der Waals surface area (Å²) >= 11 is 0. The molecule has 0 aromatic rings. The number of nitrogens with zero attached hydrogens (tertiary/aromatic N) is 1. The minimum atomic E-state index is -1.04. The summed E-state index contributed by atoms with van der Waals surface area (Å²) in [4.78, 5) is 23.9. The molecule has 1 heterocycles. The number of urea groups is 1. The van der Waals surface area contributed by atoms with Crippen LogP contribution in [-0.4, -0.2) is 68.1 Å². The Morgan fingerprint density at radius 1 is 1.59 bits per heavy atom. The highest BCUT2D eigenvalue weighted by Crippen LogP contribution is 2.07. The molecule has 0 aliphatic carbocycles. The molecular formula is C10H18N2O5. The minimum absolute atomic E-state index is 0.0425. The van der Waals surface area contributed by atoms with Crippen LogP contribution >= 0.6 is 0 Å². The molecule has 17 heavy (non-hydrogen) atoms. The van der Waals surface area contributed by atoms with Crippen molar-refractivity contribution in [1.29, 1.82) is 0 Å². The molecule has 0 bridgehead atoms. The van der Waals surface area contributed by atoms with Gasteiger partial charge in [-0.05, 0) is 6.42 Å². The number of amides is 2. The van der Waals surface area contributed by atoms with E-state index in [1.807, 2.05) is 0 Å². The van der Waals surface area contributed by atoms with E-state index in [1.54, 1.807) is 7.11 Å². The number of hydrogen-bond acceptors (Lipinski definition) is 4. The van der Waals surface area contributed by atoms with Gasteiger partial charge in [-0.25, -0.2) is 9.59 Å². The fourth-order valence-corrected chi connectivity index (χ4v) is 1.56. The van der Waals surface area contributed by atoms with E-state index in [0.717, 1.165) is 0 Å². The molecule has 98 valence electrons. The van der Waals surface area contributed by atoms with Crippen molar-refractivity contribution in [2.45, 2.75) is 12.5 Å². The van der Waals surface area contributed by atoms with Gasteiger partial charge in [0.05, 0.1) is 13.2 Å². The number of nitrogens with one attached hydrogen (secondary N) is 1. The lowest BCUT2D eigenvalue weighted by atomic mass is 10.2. The molecule has 1 atom stereocenters. The van der Waals surface area contributed by atoms with Crippen molar-refractivity contribution in [2.24, 2.45) is 0 Å². The van der Waals surface area contributed by atoms with Crippen molar-refractivity contribution >= 4 is 12.0 Å². The monoisotopic (exact) mass is 246 g/mol. The van der Waals surface area contributed by atoms with Gasteiger partial charge in [-0.1, -0.05) is 0 Å². The summed E-state index contributed by atoms with van der Waals surface area (Å²) in [6, 6.07) is -1.26. The average Bonchev–Trinajstić information content (AvgIpc) is 2.34. The Labute approximate surface area is 99.7 Å². The van der Waals surface area contributed by atoms with Gasteiger partial charge >= 0.3 is 12.0 Å². The molecule has 1 saturated heterocycles. The largest absolute Gasteiger partial charge is 0.480 e. The predicted octanol–water partition coefficient (Wildman–Crippen LogP) is -0.482. The Morgan fingerprint density at radius 2 is 2.35 bits per heavy atom. The van der Waals surface area contributed by atoms with Crippen molar-refractivity contribution in [3.05, 3.63) is 0 Å². The summed E-state index contributed by atoms with van der Waals surface area (Å²) in [7, 11) is 1.59. The SMILES string of the molecule is COCCCNC(=O)N1CCOCC1C(=O)O. The summed E-state index contributed by atoms with van der Waals surface area (Å²) in [5, 5.41) is 11.6. The highest BCUT2D eigenvalue weighted by molar-refractivity contribution is 5.82. The number of carboxylic acid groups (broad SMARTS) is 1. The standard InChI is InChI=1S/C10H18N2O5/c1-16-5-2-3-11-10(15)12-4-6-17-7-8(12)9(13)14/h8H,2-7H2,1H3,(H,11,15)(H,13,14). The third-order valence-corrected chi connectivity index (χ3v) is 2.48. The number of carbonyl (C=O) groups is 2. The Morgan fingerprint density at radius 3 is 3.00 bits per heavy atom. The quantitative estimate of drug-likeness (QED) is 0.639. The van der Waals surface area contributed by atoms with Crippen LogP contribution in [0.3, 0.4) is 0 Å². The molecule has 0 radical (unpaired) electrons. The molecule has 7 nitrogen and oxygen atoms in total. The Bertz CT molecular complexity index is 271. The fraction of sp³-hybridized carbons (Fsp3) is 0.800. The van der Waals surface area contributed by atoms with E-state index in [1.165, 1.54) is 4.90 Å². The van der Waals surface area contributed by atoms with Gasteiger partial charge in [0.25, 0.3) is 0 Å². The molecule has 0 spiro atoms. The molecule has 1 unspecified atom stereocenters. The molecule has 0 aromatic carbocycles. The summed E-state index contributed by atoms with van der Waals surface area (Å²) in [6.07, 6.45) is 0.699. The summed E-state index contributed by atoms with van der Waals surface area (Å²) < 4.78 is 9.89. The second-order valence-corrected chi connectivity index (χ2v) is 3.70.